The van der Waals surface area contributed by atoms with Gasteiger partial charge >= 0.3 is 6.18 Å². The summed E-state index contributed by atoms with van der Waals surface area (Å²) in [6.07, 6.45) is -2.85. The first-order valence-electron chi connectivity index (χ1n) is 6.91. The summed E-state index contributed by atoms with van der Waals surface area (Å²) in [6, 6.07) is 3.14. The Bertz CT molecular complexity index is 532. The van der Waals surface area contributed by atoms with E-state index >= 15 is 0 Å². The Morgan fingerprint density at radius 3 is 2.68 bits per heavy atom. The predicted molar refractivity (Wildman–Crippen MR) is 78.2 cm³/mol. The monoisotopic (exact) mass is 336 g/mol. The van der Waals surface area contributed by atoms with Gasteiger partial charge in [-0.05, 0) is 19.4 Å². The molecule has 22 heavy (non-hydrogen) atoms. The van der Waals surface area contributed by atoms with E-state index in [-0.39, 0.29) is 10.6 Å². The summed E-state index contributed by atoms with van der Waals surface area (Å²) in [4.78, 5) is 6.06. The Kier molecular flexibility index (Phi) is 5.11. The van der Waals surface area contributed by atoms with Crippen LogP contribution in [0.15, 0.2) is 18.3 Å². The van der Waals surface area contributed by atoms with E-state index in [0.717, 1.165) is 12.1 Å². The van der Waals surface area contributed by atoms with Crippen LogP contribution in [0.1, 0.15) is 19.4 Å². The molecule has 124 valence electrons. The zero-order chi connectivity index (χ0) is 16.4. The summed E-state index contributed by atoms with van der Waals surface area (Å²) >= 11 is 0. The van der Waals surface area contributed by atoms with E-state index in [1.807, 2.05) is 13.8 Å². The highest BCUT2D eigenvalue weighted by atomic mass is 32.2. The van der Waals surface area contributed by atoms with Gasteiger partial charge in [0, 0.05) is 48.4 Å². The van der Waals surface area contributed by atoms with Gasteiger partial charge in [0.05, 0.1) is 4.75 Å². The van der Waals surface area contributed by atoms with Crippen molar-refractivity contribution in [3.8, 4) is 5.88 Å². The zero-order valence-corrected chi connectivity index (χ0v) is 13.3. The molecule has 0 bridgehead atoms. The highest BCUT2D eigenvalue weighted by Crippen LogP contribution is 2.22. The lowest BCUT2D eigenvalue weighted by Gasteiger charge is -2.37. The largest absolute Gasteiger partial charge is 0.468 e. The fourth-order valence-corrected chi connectivity index (χ4v) is 3.62. The number of aromatic nitrogens is 1. The molecule has 1 aromatic heterocycles. The molecular weight excluding hydrogens is 317 g/mol. The molecule has 0 amide bonds. The molecule has 2 rings (SSSR count). The highest BCUT2D eigenvalue weighted by molar-refractivity contribution is 7.86. The Labute approximate surface area is 130 Å². The van der Waals surface area contributed by atoms with E-state index in [4.69, 9.17) is 0 Å². The normalized spacial score (nSPS) is 22.5. The summed E-state index contributed by atoms with van der Waals surface area (Å²) in [7, 11) is -0.828. The molecule has 8 heteroatoms. The first kappa shape index (κ1) is 17.2. The lowest BCUT2D eigenvalue weighted by atomic mass is 10.1. The molecule has 0 saturated carbocycles. The van der Waals surface area contributed by atoms with Crippen molar-refractivity contribution in [3.63, 3.8) is 0 Å². The average Bonchev–Trinajstić information content (AvgIpc) is 2.41. The second kappa shape index (κ2) is 6.54. The third kappa shape index (κ3) is 4.95. The van der Waals surface area contributed by atoms with Gasteiger partial charge in [-0.3, -0.25) is 9.11 Å². The van der Waals surface area contributed by atoms with Gasteiger partial charge in [-0.25, -0.2) is 4.98 Å². The predicted octanol–water partition coefficient (Wildman–Crippen LogP) is 2.37. The number of pyridine rings is 1. The summed E-state index contributed by atoms with van der Waals surface area (Å²) in [5.74, 6) is 0.592. The van der Waals surface area contributed by atoms with Crippen LogP contribution in [0.4, 0.5) is 13.2 Å². The van der Waals surface area contributed by atoms with Gasteiger partial charge in [0.15, 0.2) is 6.61 Å². The molecule has 0 spiro atoms. The highest BCUT2D eigenvalue weighted by Gasteiger charge is 2.33. The molecule has 1 atom stereocenters. The van der Waals surface area contributed by atoms with Crippen LogP contribution in [0.3, 0.4) is 0 Å². The molecule has 1 aliphatic rings. The van der Waals surface area contributed by atoms with Gasteiger partial charge in [0.25, 0.3) is 0 Å². The smallest absolute Gasteiger partial charge is 0.422 e. The topological polar surface area (TPSA) is 42.4 Å². The van der Waals surface area contributed by atoms with Crippen molar-refractivity contribution in [2.75, 3.05) is 25.4 Å². The van der Waals surface area contributed by atoms with Crippen molar-refractivity contribution < 1.29 is 22.1 Å². The maximum absolute atomic E-state index is 12.0. The van der Waals surface area contributed by atoms with Crippen molar-refractivity contribution in [2.24, 2.45) is 0 Å². The molecule has 0 N–H and O–H groups in total. The number of hydrogen-bond acceptors (Lipinski definition) is 4. The number of alkyl halides is 3. The second-order valence-electron chi connectivity index (χ2n) is 5.93. The molecule has 1 fully saturated rings. The zero-order valence-electron chi connectivity index (χ0n) is 12.5. The number of halogens is 3. The summed E-state index contributed by atoms with van der Waals surface area (Å²) < 4.78 is 52.3. The summed E-state index contributed by atoms with van der Waals surface area (Å²) in [6.45, 7) is 4.69. The van der Waals surface area contributed by atoms with E-state index in [2.05, 4.69) is 14.6 Å². The van der Waals surface area contributed by atoms with Gasteiger partial charge in [0.1, 0.15) is 0 Å². The van der Waals surface area contributed by atoms with Crippen molar-refractivity contribution in [3.05, 3.63) is 23.9 Å². The molecular formula is C14H19F3N2O2S. The van der Waals surface area contributed by atoms with Crippen molar-refractivity contribution >= 4 is 10.8 Å². The molecule has 4 nitrogen and oxygen atoms in total. The fraction of sp³-hybridized carbons (Fsp3) is 0.643. The second-order valence-corrected chi connectivity index (χ2v) is 8.13. The Balaban J connectivity index is 1.90. The maximum atomic E-state index is 12.0. The third-order valence-electron chi connectivity index (χ3n) is 3.40. The van der Waals surface area contributed by atoms with E-state index < -0.39 is 23.6 Å². The SMILES string of the molecule is CC1(C)CN(Cc2ccc(OCC(F)(F)F)nc2)CCS1=O. The lowest BCUT2D eigenvalue weighted by Crippen LogP contribution is -2.49. The van der Waals surface area contributed by atoms with Crippen LogP contribution in [0, 0.1) is 0 Å². The molecule has 0 aromatic carbocycles. The van der Waals surface area contributed by atoms with E-state index in [1.165, 1.54) is 12.3 Å². The Hall–Kier alpha value is -1.15. The van der Waals surface area contributed by atoms with Gasteiger partial charge < -0.3 is 4.74 Å². The lowest BCUT2D eigenvalue weighted by molar-refractivity contribution is -0.154. The van der Waals surface area contributed by atoms with Crippen LogP contribution in [0.5, 0.6) is 5.88 Å². The van der Waals surface area contributed by atoms with Gasteiger partial charge in [-0.1, -0.05) is 6.07 Å². The minimum absolute atomic E-state index is 0.0406. The van der Waals surface area contributed by atoms with Crippen molar-refractivity contribution in [2.45, 2.75) is 31.3 Å². The molecule has 0 radical (unpaired) electrons. The molecule has 1 saturated heterocycles. The van der Waals surface area contributed by atoms with Crippen LogP contribution in [0.25, 0.3) is 0 Å². The Morgan fingerprint density at radius 2 is 2.14 bits per heavy atom. The molecule has 1 unspecified atom stereocenters. The van der Waals surface area contributed by atoms with Crippen LogP contribution in [0.2, 0.25) is 0 Å². The standard InChI is InChI=1S/C14H19F3N2O2S/c1-13(2)9-19(5-6-22(13)20)8-11-3-4-12(18-7-11)21-10-14(15,16)17/h3-4,7H,5-6,8-10H2,1-2H3. The summed E-state index contributed by atoms with van der Waals surface area (Å²) in [5.41, 5.74) is 0.892. The quantitative estimate of drug-likeness (QED) is 0.847. The summed E-state index contributed by atoms with van der Waals surface area (Å²) in [5, 5.41) is 0. The number of nitrogens with zero attached hydrogens (tertiary/aromatic N) is 2. The van der Waals surface area contributed by atoms with E-state index in [9.17, 15) is 17.4 Å². The van der Waals surface area contributed by atoms with E-state index in [0.29, 0.717) is 18.8 Å². The number of hydrogen-bond donors (Lipinski definition) is 0. The van der Waals surface area contributed by atoms with E-state index in [1.54, 1.807) is 6.07 Å². The number of ether oxygens (including phenoxy) is 1. The van der Waals surface area contributed by atoms with Crippen LogP contribution >= 0.6 is 0 Å². The van der Waals surface area contributed by atoms with Crippen molar-refractivity contribution in [1.82, 2.24) is 9.88 Å². The number of rotatable bonds is 4. The van der Waals surface area contributed by atoms with Crippen LogP contribution < -0.4 is 4.74 Å². The van der Waals surface area contributed by atoms with Gasteiger partial charge in [-0.15, -0.1) is 0 Å². The first-order chi connectivity index (χ1) is 10.2. The molecule has 2 heterocycles. The Morgan fingerprint density at radius 1 is 1.41 bits per heavy atom. The fourth-order valence-electron chi connectivity index (χ4n) is 2.32. The minimum Gasteiger partial charge on any atom is -0.468 e. The van der Waals surface area contributed by atoms with Crippen molar-refractivity contribution in [1.29, 1.82) is 0 Å². The van der Waals surface area contributed by atoms with Crippen LogP contribution in [-0.4, -0.2) is 50.5 Å². The average molecular weight is 336 g/mol. The molecule has 0 aliphatic carbocycles. The third-order valence-corrected chi connectivity index (χ3v) is 5.32. The van der Waals surface area contributed by atoms with Gasteiger partial charge in [-0.2, -0.15) is 13.2 Å². The first-order valence-corrected chi connectivity index (χ1v) is 8.23. The molecule has 1 aliphatic heterocycles. The minimum atomic E-state index is -4.37. The van der Waals surface area contributed by atoms with Crippen LogP contribution in [-0.2, 0) is 17.3 Å². The van der Waals surface area contributed by atoms with Gasteiger partial charge in [0.2, 0.25) is 5.88 Å². The molecule has 1 aromatic rings. The maximum Gasteiger partial charge on any atom is 0.422 e.